The number of amides is 2. The van der Waals surface area contributed by atoms with Crippen LogP contribution in [-0.2, 0) is 9.53 Å². The Bertz CT molecular complexity index is 614. The van der Waals surface area contributed by atoms with Crippen molar-refractivity contribution in [1.82, 2.24) is 10.2 Å². The number of alkyl halides is 3. The molecule has 1 aliphatic rings. The summed E-state index contributed by atoms with van der Waals surface area (Å²) >= 11 is 0. The number of nitrogens with zero attached hydrogens (tertiary/aromatic N) is 1. The number of nitrogens with one attached hydrogen (secondary N) is 1. The molecule has 2 rings (SSSR count). The molecule has 1 aliphatic heterocycles. The second-order valence-electron chi connectivity index (χ2n) is 6.69. The Morgan fingerprint density at radius 1 is 1.22 bits per heavy atom. The second-order valence-corrected chi connectivity index (χ2v) is 6.69. The van der Waals surface area contributed by atoms with E-state index in [2.05, 4.69) is 17.0 Å². The molecule has 0 spiro atoms. The maximum atomic E-state index is 12.4. The fraction of sp³-hybridized carbons (Fsp3) is 0.579. The van der Waals surface area contributed by atoms with Crippen molar-refractivity contribution in [2.45, 2.75) is 38.3 Å². The maximum absolute atomic E-state index is 12.4. The third kappa shape index (κ3) is 6.77. The third-order valence-corrected chi connectivity index (χ3v) is 4.77. The van der Waals surface area contributed by atoms with Crippen LogP contribution in [-0.4, -0.2) is 49.3 Å². The molecule has 27 heavy (non-hydrogen) atoms. The first kappa shape index (κ1) is 21.1. The number of halogens is 3. The van der Waals surface area contributed by atoms with Gasteiger partial charge in [0.15, 0.2) is 6.61 Å². The van der Waals surface area contributed by atoms with E-state index in [0.29, 0.717) is 19.4 Å². The van der Waals surface area contributed by atoms with E-state index in [0.717, 1.165) is 6.42 Å². The zero-order chi connectivity index (χ0) is 19.9. The Morgan fingerprint density at radius 2 is 1.85 bits per heavy atom. The Hall–Kier alpha value is -2.25. The van der Waals surface area contributed by atoms with E-state index in [1.54, 1.807) is 0 Å². The van der Waals surface area contributed by atoms with Crippen LogP contribution in [0, 0.1) is 5.92 Å². The van der Waals surface area contributed by atoms with Crippen LogP contribution in [0.15, 0.2) is 30.3 Å². The number of rotatable bonds is 6. The molecule has 8 heteroatoms. The summed E-state index contributed by atoms with van der Waals surface area (Å²) < 4.78 is 40.6. The molecule has 1 heterocycles. The van der Waals surface area contributed by atoms with E-state index in [-0.39, 0.29) is 30.8 Å². The Morgan fingerprint density at radius 3 is 2.41 bits per heavy atom. The highest BCUT2D eigenvalue weighted by atomic mass is 19.4. The van der Waals surface area contributed by atoms with Gasteiger partial charge in [0.25, 0.3) is 0 Å². The molecule has 0 radical (unpaired) electrons. The van der Waals surface area contributed by atoms with Gasteiger partial charge < -0.3 is 15.0 Å². The van der Waals surface area contributed by atoms with Gasteiger partial charge in [-0.05, 0) is 24.8 Å². The number of carbonyl (C=O) groups excluding carboxylic acids is 2. The van der Waals surface area contributed by atoms with E-state index in [9.17, 15) is 22.8 Å². The van der Waals surface area contributed by atoms with Crippen molar-refractivity contribution >= 4 is 12.0 Å². The Balaban J connectivity index is 1.75. The van der Waals surface area contributed by atoms with Crippen LogP contribution in [0.4, 0.5) is 18.0 Å². The van der Waals surface area contributed by atoms with Crippen LogP contribution in [0.1, 0.15) is 37.7 Å². The minimum absolute atomic E-state index is 0.0762. The first-order chi connectivity index (χ1) is 12.8. The van der Waals surface area contributed by atoms with Crippen molar-refractivity contribution < 1.29 is 27.5 Å². The molecule has 0 bridgehead atoms. The van der Waals surface area contributed by atoms with Crippen molar-refractivity contribution in [2.24, 2.45) is 5.92 Å². The molecule has 1 atom stereocenters. The SMILES string of the molecule is CCC(CNC(=O)C1CCN(C(=O)OCC(F)(F)F)CC1)c1ccccc1. The van der Waals surface area contributed by atoms with Gasteiger partial charge in [-0.25, -0.2) is 4.79 Å². The Labute approximate surface area is 156 Å². The summed E-state index contributed by atoms with van der Waals surface area (Å²) in [4.78, 5) is 25.2. The summed E-state index contributed by atoms with van der Waals surface area (Å²) in [6.07, 6.45) is -3.80. The van der Waals surface area contributed by atoms with Gasteiger partial charge in [-0.1, -0.05) is 37.3 Å². The van der Waals surface area contributed by atoms with Crippen LogP contribution >= 0.6 is 0 Å². The van der Waals surface area contributed by atoms with Crippen molar-refractivity contribution in [3.8, 4) is 0 Å². The number of carbonyl (C=O) groups is 2. The van der Waals surface area contributed by atoms with E-state index in [1.807, 2.05) is 30.3 Å². The third-order valence-electron chi connectivity index (χ3n) is 4.77. The van der Waals surface area contributed by atoms with Crippen molar-refractivity contribution in [3.05, 3.63) is 35.9 Å². The summed E-state index contributed by atoms with van der Waals surface area (Å²) in [5.41, 5.74) is 1.17. The molecule has 1 fully saturated rings. The van der Waals surface area contributed by atoms with E-state index < -0.39 is 18.9 Å². The fourth-order valence-electron chi connectivity index (χ4n) is 3.15. The molecule has 1 N–H and O–H groups in total. The van der Waals surface area contributed by atoms with Gasteiger partial charge in [-0.15, -0.1) is 0 Å². The van der Waals surface area contributed by atoms with Crippen LogP contribution in [0.5, 0.6) is 0 Å². The van der Waals surface area contributed by atoms with Gasteiger partial charge in [0, 0.05) is 31.5 Å². The van der Waals surface area contributed by atoms with Gasteiger partial charge in [0.05, 0.1) is 0 Å². The molecule has 1 saturated heterocycles. The predicted octanol–water partition coefficient (Wildman–Crippen LogP) is 3.71. The van der Waals surface area contributed by atoms with Crippen molar-refractivity contribution in [3.63, 3.8) is 0 Å². The monoisotopic (exact) mass is 386 g/mol. The number of likely N-dealkylation sites (tertiary alicyclic amines) is 1. The van der Waals surface area contributed by atoms with Crippen LogP contribution in [0.2, 0.25) is 0 Å². The number of hydrogen-bond donors (Lipinski definition) is 1. The highest BCUT2D eigenvalue weighted by molar-refractivity contribution is 5.79. The highest BCUT2D eigenvalue weighted by Gasteiger charge is 2.33. The smallest absolute Gasteiger partial charge is 0.422 e. The summed E-state index contributed by atoms with van der Waals surface area (Å²) in [5.74, 6) is -0.0924. The molecule has 1 aromatic carbocycles. The van der Waals surface area contributed by atoms with Crippen LogP contribution < -0.4 is 5.32 Å². The lowest BCUT2D eigenvalue weighted by Crippen LogP contribution is -2.44. The molecular weight excluding hydrogens is 361 g/mol. The second kappa shape index (κ2) is 9.62. The standard InChI is InChI=1S/C19H25F3N2O3/c1-2-14(15-6-4-3-5-7-15)12-23-17(25)16-8-10-24(11-9-16)18(26)27-13-19(20,21)22/h3-7,14,16H,2,8-13H2,1H3,(H,23,25). The molecular formula is C19H25F3N2O3. The van der Waals surface area contributed by atoms with E-state index in [1.165, 1.54) is 10.5 Å². The van der Waals surface area contributed by atoms with Crippen molar-refractivity contribution in [1.29, 1.82) is 0 Å². The van der Waals surface area contributed by atoms with Crippen LogP contribution in [0.3, 0.4) is 0 Å². The van der Waals surface area contributed by atoms with E-state index in [4.69, 9.17) is 0 Å². The predicted molar refractivity (Wildman–Crippen MR) is 94.2 cm³/mol. The van der Waals surface area contributed by atoms with Gasteiger partial charge in [0.1, 0.15) is 0 Å². The number of piperidine rings is 1. The topological polar surface area (TPSA) is 58.6 Å². The molecule has 1 aromatic rings. The van der Waals surface area contributed by atoms with Crippen molar-refractivity contribution in [2.75, 3.05) is 26.2 Å². The first-order valence-corrected chi connectivity index (χ1v) is 9.11. The molecule has 0 aromatic heterocycles. The summed E-state index contributed by atoms with van der Waals surface area (Å²) in [6.45, 7) is 1.43. The molecule has 0 aliphatic carbocycles. The summed E-state index contributed by atoms with van der Waals surface area (Å²) in [6, 6.07) is 9.94. The fourth-order valence-corrected chi connectivity index (χ4v) is 3.15. The average Bonchev–Trinajstić information content (AvgIpc) is 2.67. The van der Waals surface area contributed by atoms with Gasteiger partial charge in [-0.3, -0.25) is 4.79 Å². The normalized spacial score (nSPS) is 16.7. The number of hydrogen-bond acceptors (Lipinski definition) is 3. The molecule has 2 amide bonds. The zero-order valence-electron chi connectivity index (χ0n) is 15.3. The zero-order valence-corrected chi connectivity index (χ0v) is 15.3. The Kier molecular flexibility index (Phi) is 7.50. The minimum Gasteiger partial charge on any atom is -0.440 e. The minimum atomic E-state index is -4.54. The lowest BCUT2D eigenvalue weighted by Gasteiger charge is -2.31. The first-order valence-electron chi connectivity index (χ1n) is 9.11. The van der Waals surface area contributed by atoms with Gasteiger partial charge in [0.2, 0.25) is 5.91 Å². The van der Waals surface area contributed by atoms with Gasteiger partial charge >= 0.3 is 12.3 Å². The average molecular weight is 386 g/mol. The number of benzene rings is 1. The lowest BCUT2D eigenvalue weighted by molar-refractivity contribution is -0.162. The molecule has 0 saturated carbocycles. The summed E-state index contributed by atoms with van der Waals surface area (Å²) in [5, 5.41) is 2.97. The van der Waals surface area contributed by atoms with Crippen LogP contribution in [0.25, 0.3) is 0 Å². The quantitative estimate of drug-likeness (QED) is 0.811. The summed E-state index contributed by atoms with van der Waals surface area (Å²) in [7, 11) is 0. The maximum Gasteiger partial charge on any atom is 0.422 e. The largest absolute Gasteiger partial charge is 0.440 e. The molecule has 1 unspecified atom stereocenters. The number of ether oxygens (including phenoxy) is 1. The molecule has 5 nitrogen and oxygen atoms in total. The van der Waals surface area contributed by atoms with E-state index >= 15 is 0 Å². The lowest BCUT2D eigenvalue weighted by atomic mass is 9.94. The highest BCUT2D eigenvalue weighted by Crippen LogP contribution is 2.21. The molecule has 150 valence electrons. The van der Waals surface area contributed by atoms with Gasteiger partial charge in [-0.2, -0.15) is 13.2 Å².